The Hall–Kier alpha value is 0.860. The van der Waals surface area contributed by atoms with Crippen molar-refractivity contribution in [1.29, 1.82) is 0 Å². The van der Waals surface area contributed by atoms with Gasteiger partial charge in [0.1, 0.15) is 0 Å². The molecule has 0 rings (SSSR count). The zero-order chi connectivity index (χ0) is 35.1. The van der Waals surface area contributed by atoms with Gasteiger partial charge in [0.15, 0.2) is 0 Å². The summed E-state index contributed by atoms with van der Waals surface area (Å²) in [6.07, 6.45) is 51.8. The van der Waals surface area contributed by atoms with Crippen LogP contribution in [-0.4, -0.2) is 50.8 Å². The van der Waals surface area contributed by atoms with Gasteiger partial charge in [0.2, 0.25) is 0 Å². The average molecular weight is 701 g/mol. The van der Waals surface area contributed by atoms with Crippen LogP contribution in [0.4, 0.5) is 0 Å². The van der Waals surface area contributed by atoms with Crippen LogP contribution >= 0.6 is 12.6 Å². The average Bonchev–Trinajstić information content (AvgIpc) is 3.05. The Kier molecular flexibility index (Phi) is 30.0. The number of rotatable bonds is 38. The molecule has 2 heteroatoms. The van der Waals surface area contributed by atoms with Crippen LogP contribution in [0.3, 0.4) is 0 Å². The van der Waals surface area contributed by atoms with Gasteiger partial charge in [0.05, 0.1) is 0 Å². The van der Waals surface area contributed by atoms with Crippen LogP contribution in [0.1, 0.15) is 240 Å². The number of hydrogen-bond donors (Lipinski definition) is 0. The first-order valence-corrected chi connectivity index (χ1v) is 30.1. The Labute approximate surface area is 302 Å². The second-order valence-corrected chi connectivity index (χ2v) is 38.1. The quantitative estimate of drug-likeness (QED) is 0.0444. The third-order valence-electron chi connectivity index (χ3n) is 13.2. The van der Waals surface area contributed by atoms with Gasteiger partial charge >= 0.3 is 303 Å². The summed E-state index contributed by atoms with van der Waals surface area (Å²) in [6, 6.07) is 0. The minimum atomic E-state index is -1.95. The Bertz CT molecular complexity index is 583. The first-order valence-electron chi connectivity index (χ1n) is 22.7. The van der Waals surface area contributed by atoms with E-state index in [1.54, 1.807) is 56.5 Å². The normalized spacial score (nSPS) is 14.2. The molecule has 0 aromatic heterocycles. The fourth-order valence-electron chi connectivity index (χ4n) is 9.42. The topological polar surface area (TPSA) is 0 Å². The molecule has 0 saturated heterocycles. The van der Waals surface area contributed by atoms with Crippen LogP contribution in [0.2, 0.25) is 0 Å². The van der Waals surface area contributed by atoms with Crippen molar-refractivity contribution >= 4 is 12.6 Å². The molecule has 0 aliphatic heterocycles. The monoisotopic (exact) mass is 701 g/mol. The van der Waals surface area contributed by atoms with Gasteiger partial charge in [0, 0.05) is 0 Å². The van der Waals surface area contributed by atoms with E-state index in [4.69, 9.17) is 0 Å². The van der Waals surface area contributed by atoms with E-state index < -0.39 is 12.6 Å². The van der Waals surface area contributed by atoms with E-state index in [9.17, 15) is 0 Å². The number of hydrogen-bond acceptors (Lipinski definition) is 0. The van der Waals surface area contributed by atoms with Crippen molar-refractivity contribution in [3.63, 3.8) is 0 Å². The first kappa shape index (κ1) is 47.9. The van der Waals surface area contributed by atoms with Crippen LogP contribution in [0.5, 0.6) is 0 Å². The third kappa shape index (κ3) is 19.9. The van der Waals surface area contributed by atoms with Gasteiger partial charge in [-0.3, -0.25) is 0 Å². The molecule has 0 saturated carbocycles. The molecule has 0 aliphatic rings. The van der Waals surface area contributed by atoms with Gasteiger partial charge < -0.3 is 0 Å². The van der Waals surface area contributed by atoms with Crippen LogP contribution in [0.25, 0.3) is 0 Å². The molecule has 0 fully saturated rings. The molecule has 288 valence electrons. The van der Waals surface area contributed by atoms with Gasteiger partial charge in [-0.25, -0.2) is 0 Å². The van der Waals surface area contributed by atoms with Crippen LogP contribution in [0, 0.1) is 0 Å². The summed E-state index contributed by atoms with van der Waals surface area (Å²) < 4.78 is 0. The van der Waals surface area contributed by atoms with Crippen molar-refractivity contribution in [2.45, 2.75) is 240 Å². The Morgan fingerprint density at radius 3 is 0.596 bits per heavy atom. The van der Waals surface area contributed by atoms with Gasteiger partial charge in [0.25, 0.3) is 0 Å². The van der Waals surface area contributed by atoms with Gasteiger partial charge in [-0.2, -0.15) is 0 Å². The molecular weight excluding hydrogens is 602 g/mol. The predicted octanol–water partition coefficient (Wildman–Crippen LogP) is 17.5. The van der Waals surface area contributed by atoms with Gasteiger partial charge in [-0.05, 0) is 0 Å². The van der Waals surface area contributed by atoms with Crippen molar-refractivity contribution in [2.75, 3.05) is 50.8 Å². The van der Waals surface area contributed by atoms with Crippen LogP contribution in [-0.2, 0) is 0 Å². The predicted molar refractivity (Wildman–Crippen MR) is 232 cm³/mol. The molecule has 0 bridgehead atoms. The van der Waals surface area contributed by atoms with E-state index in [-0.39, 0.29) is 0 Å². The van der Waals surface area contributed by atoms with E-state index in [1.807, 2.05) is 0 Å². The third-order valence-corrected chi connectivity index (χ3v) is 40.7. The van der Waals surface area contributed by atoms with Crippen molar-refractivity contribution in [3.05, 3.63) is 0 Å². The first-order chi connectivity index (χ1) is 22.7. The van der Waals surface area contributed by atoms with E-state index >= 15 is 0 Å². The SMILES string of the molecule is CCCCCCCCCCP(C)(C)(C)P(CCCCCCCC)(CCCCCCCC)(CCCCCCCC)CCCCCCCC. The summed E-state index contributed by atoms with van der Waals surface area (Å²) in [6.45, 7) is 20.9. The molecule has 0 nitrogen and oxygen atoms in total. The van der Waals surface area contributed by atoms with E-state index in [0.717, 1.165) is 0 Å². The molecular formula is C45H98P2. The van der Waals surface area contributed by atoms with E-state index in [1.165, 1.54) is 180 Å². The molecule has 0 atom stereocenters. The van der Waals surface area contributed by atoms with Crippen molar-refractivity contribution in [1.82, 2.24) is 0 Å². The maximum absolute atomic E-state index is 3.02. The minimum absolute atomic E-state index is 1.37. The molecule has 0 N–H and O–H groups in total. The summed E-state index contributed by atoms with van der Waals surface area (Å²) in [5.41, 5.74) is 0. The summed E-state index contributed by atoms with van der Waals surface area (Å²) in [5, 5.41) is 0. The maximum atomic E-state index is 3.02. The van der Waals surface area contributed by atoms with Gasteiger partial charge in [-0.15, -0.1) is 0 Å². The fraction of sp³-hybridized carbons (Fsp3) is 1.00. The van der Waals surface area contributed by atoms with Crippen LogP contribution < -0.4 is 0 Å². The molecule has 0 aromatic carbocycles. The summed E-state index contributed by atoms with van der Waals surface area (Å²) >= 11 is 0. The van der Waals surface area contributed by atoms with Crippen LogP contribution in [0.15, 0.2) is 0 Å². The molecule has 0 unspecified atom stereocenters. The van der Waals surface area contributed by atoms with Crippen molar-refractivity contribution in [3.8, 4) is 0 Å². The summed E-state index contributed by atoms with van der Waals surface area (Å²) in [4.78, 5) is 0. The molecule has 0 aromatic rings. The summed E-state index contributed by atoms with van der Waals surface area (Å²) in [7, 11) is 0. The molecule has 0 spiro atoms. The second-order valence-electron chi connectivity index (χ2n) is 18.1. The Balaban J connectivity index is 6.37. The zero-order valence-electron chi connectivity index (χ0n) is 35.1. The standard InChI is InChI=1S/C45H98P2/c1-9-14-19-24-29-30-31-36-41-46(6,7,8)47(42-37-32-25-20-15-10-2,43-38-33-26-21-16-11-3,44-39-34-27-22-17-12-4)45-40-35-28-23-18-13-5/h9-45H2,1-8H3. The van der Waals surface area contributed by atoms with Crippen molar-refractivity contribution < 1.29 is 0 Å². The molecule has 0 heterocycles. The molecule has 0 aliphatic carbocycles. The second kappa shape index (κ2) is 29.4. The van der Waals surface area contributed by atoms with Gasteiger partial charge in [-0.1, -0.05) is 0 Å². The van der Waals surface area contributed by atoms with Crippen molar-refractivity contribution in [2.24, 2.45) is 0 Å². The molecule has 47 heavy (non-hydrogen) atoms. The zero-order valence-corrected chi connectivity index (χ0v) is 36.8. The number of unbranched alkanes of at least 4 members (excludes halogenated alkanes) is 27. The Morgan fingerprint density at radius 1 is 0.213 bits per heavy atom. The summed E-state index contributed by atoms with van der Waals surface area (Å²) in [5.74, 6) is 0. The molecule has 0 amide bonds. The fourth-order valence-corrected chi connectivity index (χ4v) is 32.5. The Morgan fingerprint density at radius 2 is 0.383 bits per heavy atom. The van der Waals surface area contributed by atoms with E-state index in [0.29, 0.717) is 0 Å². The van der Waals surface area contributed by atoms with E-state index in [2.05, 4.69) is 54.6 Å². The molecule has 0 radical (unpaired) electrons.